The molecule has 0 radical (unpaired) electrons. The fraction of sp³-hybridized carbons (Fsp3) is 0.900. The van der Waals surface area contributed by atoms with Crippen molar-refractivity contribution in [2.75, 3.05) is 20.1 Å². The summed E-state index contributed by atoms with van der Waals surface area (Å²) >= 11 is 0. The highest BCUT2D eigenvalue weighted by molar-refractivity contribution is 5.66. The Morgan fingerprint density at radius 3 is 2.50 bits per heavy atom. The van der Waals surface area contributed by atoms with Crippen molar-refractivity contribution >= 4 is 5.97 Å². The summed E-state index contributed by atoms with van der Waals surface area (Å²) in [7, 11) is 1.86. The van der Waals surface area contributed by atoms with Crippen LogP contribution in [0.4, 0.5) is 0 Å². The summed E-state index contributed by atoms with van der Waals surface area (Å²) < 4.78 is 0. The van der Waals surface area contributed by atoms with Gasteiger partial charge in [-0.05, 0) is 19.9 Å². The monoisotopic (exact) mass is 201 g/mol. The molecule has 4 heteroatoms. The third-order valence-corrected chi connectivity index (χ3v) is 2.81. The fourth-order valence-electron chi connectivity index (χ4n) is 2.06. The zero-order chi connectivity index (χ0) is 10.6. The van der Waals surface area contributed by atoms with Crippen LogP contribution in [-0.4, -0.2) is 46.8 Å². The molecule has 2 N–H and O–H groups in total. The summed E-state index contributed by atoms with van der Waals surface area (Å²) in [6.07, 6.45) is 4.02. The van der Waals surface area contributed by atoms with Crippen LogP contribution in [0.5, 0.6) is 0 Å². The number of likely N-dealkylation sites (N-methyl/N-ethyl adjacent to an activating group) is 1. The third kappa shape index (κ3) is 3.64. The second kappa shape index (κ2) is 4.75. The van der Waals surface area contributed by atoms with Crippen molar-refractivity contribution in [3.05, 3.63) is 0 Å². The molecule has 1 aliphatic rings. The maximum Gasteiger partial charge on any atom is 0.304 e. The van der Waals surface area contributed by atoms with Gasteiger partial charge in [-0.25, -0.2) is 0 Å². The Kier molecular flexibility index (Phi) is 3.89. The minimum atomic E-state index is -0.782. The lowest BCUT2D eigenvalue weighted by Crippen LogP contribution is -2.39. The largest absolute Gasteiger partial charge is 0.481 e. The van der Waals surface area contributed by atoms with E-state index in [0.717, 1.165) is 25.7 Å². The van der Waals surface area contributed by atoms with E-state index in [1.165, 1.54) is 0 Å². The summed E-state index contributed by atoms with van der Waals surface area (Å²) in [5.74, 6) is -0.782. The Hall–Kier alpha value is -0.610. The average Bonchev–Trinajstić information content (AvgIpc) is 2.48. The Morgan fingerprint density at radius 1 is 1.43 bits per heavy atom. The maximum absolute atomic E-state index is 10.3. The molecule has 0 unspecified atom stereocenters. The molecule has 0 aromatic rings. The van der Waals surface area contributed by atoms with Gasteiger partial charge in [-0.2, -0.15) is 0 Å². The Morgan fingerprint density at radius 2 is 2.00 bits per heavy atom. The van der Waals surface area contributed by atoms with Gasteiger partial charge in [0, 0.05) is 13.1 Å². The topological polar surface area (TPSA) is 60.8 Å². The highest BCUT2D eigenvalue weighted by Gasteiger charge is 2.31. The highest BCUT2D eigenvalue weighted by atomic mass is 16.4. The highest BCUT2D eigenvalue weighted by Crippen LogP contribution is 2.29. The number of aliphatic carboxylic acids is 1. The predicted octanol–water partition coefficient (Wildman–Crippen LogP) is 0.698. The standard InChI is InChI=1S/C10H19NO3/c1-11(7-4-9(12)13)8-10(14)5-2-3-6-10/h14H,2-8H2,1H3,(H,12,13). The van der Waals surface area contributed by atoms with Crippen LogP contribution in [0.1, 0.15) is 32.1 Å². The maximum atomic E-state index is 10.3. The number of aliphatic hydroxyl groups is 1. The first-order chi connectivity index (χ1) is 6.52. The van der Waals surface area contributed by atoms with Crippen molar-refractivity contribution in [2.24, 2.45) is 0 Å². The summed E-state index contributed by atoms with van der Waals surface area (Å²) in [6, 6.07) is 0. The van der Waals surface area contributed by atoms with Crippen LogP contribution < -0.4 is 0 Å². The van der Waals surface area contributed by atoms with Crippen molar-refractivity contribution in [3.63, 3.8) is 0 Å². The number of carboxylic acid groups (broad SMARTS) is 1. The van der Waals surface area contributed by atoms with Gasteiger partial charge >= 0.3 is 5.97 Å². The van der Waals surface area contributed by atoms with Gasteiger partial charge in [0.05, 0.1) is 12.0 Å². The normalized spacial score (nSPS) is 20.2. The summed E-state index contributed by atoms with van der Waals surface area (Å²) in [6.45, 7) is 1.11. The second-order valence-electron chi connectivity index (χ2n) is 4.31. The molecule has 1 saturated carbocycles. The number of hydrogen-bond acceptors (Lipinski definition) is 3. The molecule has 0 bridgehead atoms. The van der Waals surface area contributed by atoms with Crippen molar-refractivity contribution in [1.29, 1.82) is 0 Å². The Labute approximate surface area is 84.5 Å². The molecule has 0 aromatic heterocycles. The van der Waals surface area contributed by atoms with Crippen molar-refractivity contribution < 1.29 is 15.0 Å². The number of hydrogen-bond donors (Lipinski definition) is 2. The zero-order valence-corrected chi connectivity index (χ0v) is 8.70. The van der Waals surface area contributed by atoms with Crippen LogP contribution in [0.25, 0.3) is 0 Å². The smallest absolute Gasteiger partial charge is 0.304 e. The van der Waals surface area contributed by atoms with Crippen LogP contribution in [0.2, 0.25) is 0 Å². The minimum Gasteiger partial charge on any atom is -0.481 e. The van der Waals surface area contributed by atoms with E-state index in [0.29, 0.717) is 13.1 Å². The number of carboxylic acids is 1. The van der Waals surface area contributed by atoms with E-state index in [2.05, 4.69) is 0 Å². The SMILES string of the molecule is CN(CCC(=O)O)CC1(O)CCCC1. The van der Waals surface area contributed by atoms with Gasteiger partial charge in [0.1, 0.15) is 0 Å². The number of rotatable bonds is 5. The van der Waals surface area contributed by atoms with Crippen LogP contribution in [-0.2, 0) is 4.79 Å². The molecule has 1 fully saturated rings. The molecule has 0 heterocycles. The lowest BCUT2D eigenvalue weighted by atomic mass is 10.0. The first-order valence-electron chi connectivity index (χ1n) is 5.15. The molecular weight excluding hydrogens is 182 g/mol. The predicted molar refractivity (Wildman–Crippen MR) is 53.2 cm³/mol. The van der Waals surface area contributed by atoms with Crippen LogP contribution in [0.15, 0.2) is 0 Å². The average molecular weight is 201 g/mol. The lowest BCUT2D eigenvalue weighted by Gasteiger charge is -2.28. The van der Waals surface area contributed by atoms with E-state index in [4.69, 9.17) is 5.11 Å². The third-order valence-electron chi connectivity index (χ3n) is 2.81. The van der Waals surface area contributed by atoms with Gasteiger partial charge in [-0.15, -0.1) is 0 Å². The van der Waals surface area contributed by atoms with E-state index in [1.54, 1.807) is 0 Å². The van der Waals surface area contributed by atoms with Gasteiger partial charge in [0.25, 0.3) is 0 Å². The molecular formula is C10H19NO3. The van der Waals surface area contributed by atoms with Gasteiger partial charge in [-0.3, -0.25) is 4.79 Å². The van der Waals surface area contributed by atoms with E-state index in [1.807, 2.05) is 11.9 Å². The summed E-state index contributed by atoms with van der Waals surface area (Å²) in [4.78, 5) is 12.2. The first kappa shape index (κ1) is 11.5. The Bertz CT molecular complexity index is 200. The number of nitrogens with zero attached hydrogens (tertiary/aromatic N) is 1. The van der Waals surface area contributed by atoms with Crippen LogP contribution in [0.3, 0.4) is 0 Å². The van der Waals surface area contributed by atoms with Crippen LogP contribution >= 0.6 is 0 Å². The molecule has 14 heavy (non-hydrogen) atoms. The number of carbonyl (C=O) groups is 1. The molecule has 0 spiro atoms. The van der Waals surface area contributed by atoms with Gasteiger partial charge < -0.3 is 15.1 Å². The van der Waals surface area contributed by atoms with E-state index < -0.39 is 11.6 Å². The molecule has 82 valence electrons. The minimum absolute atomic E-state index is 0.145. The summed E-state index contributed by atoms with van der Waals surface area (Å²) in [5, 5.41) is 18.5. The lowest BCUT2D eigenvalue weighted by molar-refractivity contribution is -0.137. The van der Waals surface area contributed by atoms with Gasteiger partial charge in [-0.1, -0.05) is 12.8 Å². The molecule has 1 rings (SSSR count). The quantitative estimate of drug-likeness (QED) is 0.687. The van der Waals surface area contributed by atoms with Crippen LogP contribution in [0, 0.1) is 0 Å². The first-order valence-corrected chi connectivity index (χ1v) is 5.15. The van der Waals surface area contributed by atoms with E-state index in [-0.39, 0.29) is 6.42 Å². The molecule has 1 aliphatic carbocycles. The van der Waals surface area contributed by atoms with E-state index in [9.17, 15) is 9.90 Å². The van der Waals surface area contributed by atoms with Crippen molar-refractivity contribution in [1.82, 2.24) is 4.90 Å². The van der Waals surface area contributed by atoms with Crippen molar-refractivity contribution in [2.45, 2.75) is 37.7 Å². The van der Waals surface area contributed by atoms with Gasteiger partial charge in [0.15, 0.2) is 0 Å². The molecule has 0 aliphatic heterocycles. The van der Waals surface area contributed by atoms with Crippen molar-refractivity contribution in [3.8, 4) is 0 Å². The van der Waals surface area contributed by atoms with Gasteiger partial charge in [0.2, 0.25) is 0 Å². The second-order valence-corrected chi connectivity index (χ2v) is 4.31. The molecule has 0 aromatic carbocycles. The molecule has 0 atom stereocenters. The molecule has 4 nitrogen and oxygen atoms in total. The molecule has 0 saturated heterocycles. The van der Waals surface area contributed by atoms with E-state index >= 15 is 0 Å². The fourth-order valence-corrected chi connectivity index (χ4v) is 2.06. The Balaban J connectivity index is 2.25. The zero-order valence-electron chi connectivity index (χ0n) is 8.70. The molecule has 0 amide bonds. The summed E-state index contributed by atoms with van der Waals surface area (Å²) in [5.41, 5.74) is -0.562.